The van der Waals surface area contributed by atoms with Crippen LogP contribution in [0.4, 0.5) is 0 Å². The van der Waals surface area contributed by atoms with Crippen molar-refractivity contribution in [2.75, 3.05) is 13.2 Å². The van der Waals surface area contributed by atoms with Gasteiger partial charge in [-0.2, -0.15) is 0 Å². The molecule has 2 heterocycles. The Morgan fingerprint density at radius 3 is 1.77 bits per heavy atom. The molecule has 13 heavy (non-hydrogen) atoms. The van der Waals surface area contributed by atoms with E-state index in [4.69, 9.17) is 9.47 Å². The number of aliphatic hydroxyl groups is 2. The minimum Gasteiger partial charge on any atom is -0.393 e. The first-order chi connectivity index (χ1) is 6.20. The van der Waals surface area contributed by atoms with Crippen LogP contribution in [0.2, 0.25) is 0 Å². The van der Waals surface area contributed by atoms with E-state index in [9.17, 15) is 10.2 Å². The molecule has 76 valence electrons. The summed E-state index contributed by atoms with van der Waals surface area (Å²) < 4.78 is 11.0. The lowest BCUT2D eigenvalue weighted by molar-refractivity contribution is -0.299. The molecule has 0 radical (unpaired) electrons. The molecule has 2 aliphatic rings. The minimum atomic E-state index is -0.699. The van der Waals surface area contributed by atoms with Crippen molar-refractivity contribution in [1.29, 1.82) is 0 Å². The van der Waals surface area contributed by atoms with Crippen molar-refractivity contribution in [1.82, 2.24) is 0 Å². The fourth-order valence-electron chi connectivity index (χ4n) is 2.04. The molecule has 2 saturated heterocycles. The molecule has 0 amide bonds. The molecule has 0 aromatic rings. The van der Waals surface area contributed by atoms with Crippen LogP contribution in [0.15, 0.2) is 0 Å². The molecule has 0 aromatic carbocycles. The SMILES string of the molecule is O[C@H]1CCOC2(C1)C[C@@H](O)CCO2. The third-order valence-corrected chi connectivity index (χ3v) is 2.73. The topological polar surface area (TPSA) is 58.9 Å². The van der Waals surface area contributed by atoms with Gasteiger partial charge in [-0.3, -0.25) is 0 Å². The Kier molecular flexibility index (Phi) is 2.55. The van der Waals surface area contributed by atoms with Crippen LogP contribution in [0.1, 0.15) is 25.7 Å². The first-order valence-electron chi connectivity index (χ1n) is 4.84. The quantitative estimate of drug-likeness (QED) is 0.563. The molecule has 2 atom stereocenters. The average molecular weight is 188 g/mol. The molecule has 2 rings (SSSR count). The Hall–Kier alpha value is -0.160. The van der Waals surface area contributed by atoms with Crippen molar-refractivity contribution in [3.8, 4) is 0 Å². The Balaban J connectivity index is 2.00. The maximum Gasteiger partial charge on any atom is 0.173 e. The molecule has 0 aromatic heterocycles. The molecular formula is C9H16O4. The highest BCUT2D eigenvalue weighted by Gasteiger charge is 2.42. The van der Waals surface area contributed by atoms with Crippen LogP contribution in [-0.2, 0) is 9.47 Å². The summed E-state index contributed by atoms with van der Waals surface area (Å²) in [6, 6.07) is 0. The summed E-state index contributed by atoms with van der Waals surface area (Å²) in [5.41, 5.74) is 0. The third kappa shape index (κ3) is 2.02. The highest BCUT2D eigenvalue weighted by atomic mass is 16.7. The second-order valence-corrected chi connectivity index (χ2v) is 3.90. The van der Waals surface area contributed by atoms with Crippen LogP contribution in [0.3, 0.4) is 0 Å². The fraction of sp³-hybridized carbons (Fsp3) is 1.00. The second-order valence-electron chi connectivity index (χ2n) is 3.90. The zero-order valence-electron chi connectivity index (χ0n) is 7.61. The Labute approximate surface area is 77.5 Å². The van der Waals surface area contributed by atoms with Crippen molar-refractivity contribution in [2.24, 2.45) is 0 Å². The molecule has 2 fully saturated rings. The third-order valence-electron chi connectivity index (χ3n) is 2.73. The van der Waals surface area contributed by atoms with Gasteiger partial charge < -0.3 is 19.7 Å². The molecule has 0 aliphatic carbocycles. The number of rotatable bonds is 0. The molecule has 2 N–H and O–H groups in total. The molecule has 1 spiro atoms. The lowest BCUT2D eigenvalue weighted by atomic mass is 9.94. The van der Waals surface area contributed by atoms with Gasteiger partial charge in [-0.15, -0.1) is 0 Å². The largest absolute Gasteiger partial charge is 0.393 e. The number of hydrogen-bond acceptors (Lipinski definition) is 4. The van der Waals surface area contributed by atoms with Crippen LogP contribution >= 0.6 is 0 Å². The maximum atomic E-state index is 9.47. The van der Waals surface area contributed by atoms with Crippen molar-refractivity contribution < 1.29 is 19.7 Å². The van der Waals surface area contributed by atoms with Gasteiger partial charge in [0, 0.05) is 12.8 Å². The fourth-order valence-corrected chi connectivity index (χ4v) is 2.04. The van der Waals surface area contributed by atoms with Gasteiger partial charge in [0.2, 0.25) is 0 Å². The van der Waals surface area contributed by atoms with Gasteiger partial charge in [-0.05, 0) is 12.8 Å². The van der Waals surface area contributed by atoms with Gasteiger partial charge in [0.1, 0.15) is 0 Å². The molecule has 4 heteroatoms. The van der Waals surface area contributed by atoms with Gasteiger partial charge >= 0.3 is 0 Å². The summed E-state index contributed by atoms with van der Waals surface area (Å²) in [5.74, 6) is -0.699. The molecule has 0 unspecified atom stereocenters. The van der Waals surface area contributed by atoms with Gasteiger partial charge in [0.15, 0.2) is 5.79 Å². The summed E-state index contributed by atoms with van der Waals surface area (Å²) in [6.07, 6.45) is 1.62. The maximum absolute atomic E-state index is 9.47. The lowest BCUT2D eigenvalue weighted by Crippen LogP contribution is -2.49. The van der Waals surface area contributed by atoms with E-state index in [1.54, 1.807) is 0 Å². The van der Waals surface area contributed by atoms with Gasteiger partial charge in [0.05, 0.1) is 25.4 Å². The van der Waals surface area contributed by atoms with Crippen LogP contribution in [0, 0.1) is 0 Å². The summed E-state index contributed by atoms with van der Waals surface area (Å²) in [5, 5.41) is 18.9. The van der Waals surface area contributed by atoms with Gasteiger partial charge in [-0.25, -0.2) is 0 Å². The summed E-state index contributed by atoms with van der Waals surface area (Å²) in [4.78, 5) is 0. The van der Waals surface area contributed by atoms with Crippen molar-refractivity contribution in [3.63, 3.8) is 0 Å². The van der Waals surface area contributed by atoms with Crippen LogP contribution in [0.25, 0.3) is 0 Å². The van der Waals surface area contributed by atoms with Crippen LogP contribution < -0.4 is 0 Å². The lowest BCUT2D eigenvalue weighted by Gasteiger charge is -2.43. The number of ether oxygens (including phenoxy) is 2. The highest BCUT2D eigenvalue weighted by Crippen LogP contribution is 2.34. The van der Waals surface area contributed by atoms with Crippen molar-refractivity contribution >= 4 is 0 Å². The second kappa shape index (κ2) is 3.53. The van der Waals surface area contributed by atoms with E-state index in [1.807, 2.05) is 0 Å². The van der Waals surface area contributed by atoms with E-state index in [0.717, 1.165) is 0 Å². The Morgan fingerprint density at radius 2 is 1.38 bits per heavy atom. The Morgan fingerprint density at radius 1 is 0.923 bits per heavy atom. The molecule has 4 nitrogen and oxygen atoms in total. The van der Waals surface area contributed by atoms with E-state index in [2.05, 4.69) is 0 Å². The monoisotopic (exact) mass is 188 g/mol. The smallest absolute Gasteiger partial charge is 0.173 e. The summed E-state index contributed by atoms with van der Waals surface area (Å²) >= 11 is 0. The molecule has 0 saturated carbocycles. The van der Waals surface area contributed by atoms with E-state index < -0.39 is 5.79 Å². The number of hydrogen-bond donors (Lipinski definition) is 2. The molecule has 2 aliphatic heterocycles. The first kappa shape index (κ1) is 9.40. The van der Waals surface area contributed by atoms with Gasteiger partial charge in [-0.1, -0.05) is 0 Å². The highest BCUT2D eigenvalue weighted by molar-refractivity contribution is 4.84. The first-order valence-corrected chi connectivity index (χ1v) is 4.84. The van der Waals surface area contributed by atoms with Crippen molar-refractivity contribution in [3.05, 3.63) is 0 Å². The van der Waals surface area contributed by atoms with Gasteiger partial charge in [0.25, 0.3) is 0 Å². The molecular weight excluding hydrogens is 172 g/mol. The summed E-state index contributed by atoms with van der Waals surface area (Å²) in [7, 11) is 0. The van der Waals surface area contributed by atoms with Crippen LogP contribution in [-0.4, -0.2) is 41.4 Å². The normalized spacial score (nSPS) is 39.2. The zero-order valence-corrected chi connectivity index (χ0v) is 7.61. The molecule has 0 bridgehead atoms. The van der Waals surface area contributed by atoms with E-state index in [-0.39, 0.29) is 12.2 Å². The number of aliphatic hydroxyl groups excluding tert-OH is 2. The predicted octanol–water partition coefficient (Wildman–Crippen LogP) is 0.0253. The standard InChI is InChI=1S/C9H16O4/c10-7-1-3-12-9(5-7)6-8(11)2-4-13-9/h7-8,10-11H,1-6H2/t7-,8-,9?/m0/s1. The predicted molar refractivity (Wildman–Crippen MR) is 45.1 cm³/mol. The Bertz CT molecular complexity index is 162. The van der Waals surface area contributed by atoms with E-state index in [0.29, 0.717) is 38.9 Å². The van der Waals surface area contributed by atoms with Crippen LogP contribution in [0.5, 0.6) is 0 Å². The average Bonchev–Trinajstić information content (AvgIpc) is 2.02. The van der Waals surface area contributed by atoms with E-state index >= 15 is 0 Å². The minimum absolute atomic E-state index is 0.348. The van der Waals surface area contributed by atoms with E-state index in [1.165, 1.54) is 0 Å². The summed E-state index contributed by atoms with van der Waals surface area (Å²) in [6.45, 7) is 1.04. The zero-order chi connectivity index (χ0) is 9.31. The van der Waals surface area contributed by atoms with Crippen molar-refractivity contribution in [2.45, 2.75) is 43.7 Å².